The van der Waals surface area contributed by atoms with Gasteiger partial charge in [0.15, 0.2) is 0 Å². The first-order valence-corrected chi connectivity index (χ1v) is 6.67. The third-order valence-corrected chi connectivity index (χ3v) is 3.64. The van der Waals surface area contributed by atoms with E-state index in [1.54, 1.807) is 0 Å². The molecule has 0 aromatic heterocycles. The first-order valence-electron chi connectivity index (χ1n) is 6.67. The van der Waals surface area contributed by atoms with E-state index in [1.165, 1.54) is 5.56 Å². The molecule has 0 aliphatic heterocycles. The van der Waals surface area contributed by atoms with Crippen LogP contribution in [0.5, 0.6) is 5.75 Å². The SMILES string of the molecule is CCC(O)(CC)COc1ccc(C(C)NC)cc1. The zero-order valence-corrected chi connectivity index (χ0v) is 11.9. The Labute approximate surface area is 110 Å². The molecule has 0 spiro atoms. The molecule has 0 amide bonds. The van der Waals surface area contributed by atoms with Crippen molar-refractivity contribution in [1.82, 2.24) is 5.32 Å². The van der Waals surface area contributed by atoms with E-state index in [9.17, 15) is 5.11 Å². The summed E-state index contributed by atoms with van der Waals surface area (Å²) in [5.74, 6) is 0.808. The molecule has 0 radical (unpaired) electrons. The van der Waals surface area contributed by atoms with Crippen molar-refractivity contribution < 1.29 is 9.84 Å². The summed E-state index contributed by atoms with van der Waals surface area (Å²) in [4.78, 5) is 0. The average molecular weight is 251 g/mol. The molecule has 3 heteroatoms. The second-order valence-corrected chi connectivity index (χ2v) is 4.80. The minimum absolute atomic E-state index is 0.335. The summed E-state index contributed by atoms with van der Waals surface area (Å²) in [5, 5.41) is 13.3. The minimum Gasteiger partial charge on any atom is -0.491 e. The molecule has 1 unspecified atom stereocenters. The fourth-order valence-electron chi connectivity index (χ4n) is 1.69. The van der Waals surface area contributed by atoms with E-state index < -0.39 is 5.60 Å². The lowest BCUT2D eigenvalue weighted by Crippen LogP contribution is -2.34. The maximum absolute atomic E-state index is 10.1. The van der Waals surface area contributed by atoms with Gasteiger partial charge in [0.05, 0.1) is 5.60 Å². The van der Waals surface area contributed by atoms with Gasteiger partial charge in [0, 0.05) is 6.04 Å². The van der Waals surface area contributed by atoms with Gasteiger partial charge >= 0.3 is 0 Å². The van der Waals surface area contributed by atoms with Gasteiger partial charge in [-0.05, 0) is 44.5 Å². The van der Waals surface area contributed by atoms with Crippen molar-refractivity contribution in [1.29, 1.82) is 0 Å². The molecule has 1 rings (SSSR count). The van der Waals surface area contributed by atoms with Crippen molar-refractivity contribution in [2.75, 3.05) is 13.7 Å². The Kier molecular flexibility index (Phi) is 5.63. The summed E-state index contributed by atoms with van der Waals surface area (Å²) in [5.41, 5.74) is 0.516. The van der Waals surface area contributed by atoms with E-state index in [0.717, 1.165) is 5.75 Å². The Morgan fingerprint density at radius 1 is 1.22 bits per heavy atom. The summed E-state index contributed by atoms with van der Waals surface area (Å²) < 4.78 is 5.65. The molecule has 102 valence electrons. The number of hydrogen-bond acceptors (Lipinski definition) is 3. The van der Waals surface area contributed by atoms with Crippen molar-refractivity contribution in [2.45, 2.75) is 45.3 Å². The molecule has 3 nitrogen and oxygen atoms in total. The normalized spacial score (nSPS) is 13.4. The zero-order chi connectivity index (χ0) is 13.6. The summed E-state index contributed by atoms with van der Waals surface area (Å²) >= 11 is 0. The maximum atomic E-state index is 10.1. The van der Waals surface area contributed by atoms with Crippen molar-refractivity contribution in [3.63, 3.8) is 0 Å². The maximum Gasteiger partial charge on any atom is 0.119 e. The van der Waals surface area contributed by atoms with Crippen LogP contribution < -0.4 is 10.1 Å². The number of ether oxygens (including phenoxy) is 1. The lowest BCUT2D eigenvalue weighted by Gasteiger charge is -2.25. The molecule has 2 N–H and O–H groups in total. The van der Waals surface area contributed by atoms with Crippen molar-refractivity contribution >= 4 is 0 Å². The highest BCUT2D eigenvalue weighted by atomic mass is 16.5. The molecular formula is C15H25NO2. The third kappa shape index (κ3) is 4.00. The molecule has 0 heterocycles. The Bertz CT molecular complexity index is 344. The summed E-state index contributed by atoms with van der Waals surface area (Å²) in [7, 11) is 1.94. The van der Waals surface area contributed by atoms with Gasteiger partial charge in [-0.15, -0.1) is 0 Å². The third-order valence-electron chi connectivity index (χ3n) is 3.64. The highest BCUT2D eigenvalue weighted by Gasteiger charge is 2.22. The lowest BCUT2D eigenvalue weighted by atomic mass is 9.99. The van der Waals surface area contributed by atoms with Gasteiger partial charge in [-0.2, -0.15) is 0 Å². The monoisotopic (exact) mass is 251 g/mol. The van der Waals surface area contributed by atoms with Crippen molar-refractivity contribution in [2.24, 2.45) is 0 Å². The van der Waals surface area contributed by atoms with Crippen LogP contribution in [0.1, 0.15) is 45.2 Å². The van der Waals surface area contributed by atoms with Crippen LogP contribution in [0.4, 0.5) is 0 Å². The quantitative estimate of drug-likeness (QED) is 0.783. The molecule has 0 aliphatic carbocycles. The predicted octanol–water partition coefficient (Wildman–Crippen LogP) is 2.90. The first-order chi connectivity index (χ1) is 8.54. The molecule has 1 atom stereocenters. The highest BCUT2D eigenvalue weighted by Crippen LogP contribution is 2.20. The van der Waals surface area contributed by atoms with Crippen LogP contribution in [-0.4, -0.2) is 24.4 Å². The highest BCUT2D eigenvalue weighted by molar-refractivity contribution is 5.29. The number of rotatable bonds is 7. The zero-order valence-electron chi connectivity index (χ0n) is 11.9. The van der Waals surface area contributed by atoms with Crippen LogP contribution in [0.2, 0.25) is 0 Å². The van der Waals surface area contributed by atoms with E-state index in [0.29, 0.717) is 25.5 Å². The number of aliphatic hydroxyl groups is 1. The Balaban J connectivity index is 2.59. The largest absolute Gasteiger partial charge is 0.491 e. The molecule has 0 saturated heterocycles. The summed E-state index contributed by atoms with van der Waals surface area (Å²) in [6, 6.07) is 8.34. The van der Waals surface area contributed by atoms with Crippen LogP contribution in [-0.2, 0) is 0 Å². The molecule has 1 aromatic carbocycles. The topological polar surface area (TPSA) is 41.5 Å². The van der Waals surface area contributed by atoms with Crippen molar-refractivity contribution in [3.8, 4) is 5.75 Å². The second kappa shape index (κ2) is 6.76. The fraction of sp³-hybridized carbons (Fsp3) is 0.600. The Hall–Kier alpha value is -1.06. The van der Waals surface area contributed by atoms with Crippen LogP contribution >= 0.6 is 0 Å². The second-order valence-electron chi connectivity index (χ2n) is 4.80. The van der Waals surface area contributed by atoms with E-state index >= 15 is 0 Å². The number of hydrogen-bond donors (Lipinski definition) is 2. The lowest BCUT2D eigenvalue weighted by molar-refractivity contribution is -0.0113. The summed E-state index contributed by atoms with van der Waals surface area (Å²) in [6.07, 6.45) is 1.41. The van der Waals surface area contributed by atoms with Gasteiger partial charge < -0.3 is 15.2 Å². The smallest absolute Gasteiger partial charge is 0.119 e. The fourth-order valence-corrected chi connectivity index (χ4v) is 1.69. The van der Waals surface area contributed by atoms with Gasteiger partial charge in [0.2, 0.25) is 0 Å². The van der Waals surface area contributed by atoms with E-state index in [-0.39, 0.29) is 0 Å². The van der Waals surface area contributed by atoms with E-state index in [1.807, 2.05) is 45.2 Å². The molecule has 0 fully saturated rings. The minimum atomic E-state index is -0.711. The van der Waals surface area contributed by atoms with E-state index in [4.69, 9.17) is 4.74 Å². The average Bonchev–Trinajstić information content (AvgIpc) is 2.44. The number of benzene rings is 1. The molecule has 1 aromatic rings. The number of nitrogens with one attached hydrogen (secondary N) is 1. The van der Waals surface area contributed by atoms with Crippen molar-refractivity contribution in [3.05, 3.63) is 29.8 Å². The standard InChI is InChI=1S/C15H25NO2/c1-5-15(17,6-2)11-18-14-9-7-13(8-10-14)12(3)16-4/h7-10,12,16-17H,5-6,11H2,1-4H3. The van der Waals surface area contributed by atoms with Crippen LogP contribution in [0.25, 0.3) is 0 Å². The van der Waals surface area contributed by atoms with Gasteiger partial charge in [-0.1, -0.05) is 26.0 Å². The molecular weight excluding hydrogens is 226 g/mol. The Morgan fingerprint density at radius 2 is 1.78 bits per heavy atom. The Morgan fingerprint density at radius 3 is 2.22 bits per heavy atom. The summed E-state index contributed by atoms with van der Waals surface area (Å²) in [6.45, 7) is 6.42. The van der Waals surface area contributed by atoms with Crippen LogP contribution in [0.15, 0.2) is 24.3 Å². The van der Waals surface area contributed by atoms with Gasteiger partial charge in [0.25, 0.3) is 0 Å². The molecule has 0 bridgehead atoms. The van der Waals surface area contributed by atoms with Crippen LogP contribution in [0, 0.1) is 0 Å². The first kappa shape index (κ1) is 15.0. The molecule has 0 aliphatic rings. The van der Waals surface area contributed by atoms with Gasteiger partial charge in [-0.3, -0.25) is 0 Å². The van der Waals surface area contributed by atoms with Gasteiger partial charge in [0.1, 0.15) is 12.4 Å². The van der Waals surface area contributed by atoms with Gasteiger partial charge in [-0.25, -0.2) is 0 Å². The van der Waals surface area contributed by atoms with Crippen LogP contribution in [0.3, 0.4) is 0 Å². The molecule has 18 heavy (non-hydrogen) atoms. The van der Waals surface area contributed by atoms with E-state index in [2.05, 4.69) is 12.2 Å². The predicted molar refractivity (Wildman–Crippen MR) is 74.9 cm³/mol. The molecule has 0 saturated carbocycles.